The predicted octanol–water partition coefficient (Wildman–Crippen LogP) is 4.61. The molecule has 0 unspecified atom stereocenters. The number of sulfonamides is 1. The fourth-order valence-electron chi connectivity index (χ4n) is 4.56. The number of aromatic nitrogens is 3. The highest BCUT2D eigenvalue weighted by atomic mass is 32.2. The maximum atomic E-state index is 12.7. The molecule has 1 aliphatic rings. The van der Waals surface area contributed by atoms with Gasteiger partial charge in [0.2, 0.25) is 0 Å². The average molecular weight is 464 g/mol. The third-order valence-corrected chi connectivity index (χ3v) is 7.55. The molecule has 1 fully saturated rings. The van der Waals surface area contributed by atoms with E-state index >= 15 is 0 Å². The average Bonchev–Trinajstić information content (AvgIpc) is 3.48. The molecule has 3 N–H and O–H groups in total. The summed E-state index contributed by atoms with van der Waals surface area (Å²) in [5.74, 6) is 0.930. The molecule has 0 bridgehead atoms. The summed E-state index contributed by atoms with van der Waals surface area (Å²) in [6, 6.07) is 13.8. The molecule has 1 aliphatic carbocycles. The largest absolute Gasteiger partial charge is 0.496 e. The van der Waals surface area contributed by atoms with E-state index in [-0.39, 0.29) is 4.90 Å². The second-order valence-corrected chi connectivity index (χ2v) is 9.86. The number of nitrogens with one attached hydrogen (secondary N) is 1. The van der Waals surface area contributed by atoms with Gasteiger partial charge in [-0.1, -0.05) is 31.0 Å². The highest BCUT2D eigenvalue weighted by molar-refractivity contribution is 7.92. The molecule has 33 heavy (non-hydrogen) atoms. The number of benzene rings is 2. The summed E-state index contributed by atoms with van der Waals surface area (Å²) in [5.41, 5.74) is 9.15. The van der Waals surface area contributed by atoms with E-state index in [0.29, 0.717) is 23.3 Å². The summed E-state index contributed by atoms with van der Waals surface area (Å²) in [6.45, 7) is 0. The van der Waals surface area contributed by atoms with Crippen LogP contribution in [0.3, 0.4) is 0 Å². The normalized spacial score (nSPS) is 14.6. The van der Waals surface area contributed by atoms with Gasteiger partial charge in [0.15, 0.2) is 0 Å². The van der Waals surface area contributed by atoms with Gasteiger partial charge in [0, 0.05) is 29.4 Å². The third-order valence-electron chi connectivity index (χ3n) is 6.15. The van der Waals surface area contributed by atoms with Gasteiger partial charge in [-0.3, -0.25) is 4.72 Å². The molecule has 0 radical (unpaired) electrons. The summed E-state index contributed by atoms with van der Waals surface area (Å²) >= 11 is 0. The number of hydrogen-bond donors (Lipinski definition) is 2. The van der Waals surface area contributed by atoms with Gasteiger partial charge in [-0.25, -0.2) is 18.4 Å². The number of hydrogen-bond acceptors (Lipinski definition) is 6. The second-order valence-electron chi connectivity index (χ2n) is 8.18. The van der Waals surface area contributed by atoms with Crippen LogP contribution in [0, 0.1) is 0 Å². The summed E-state index contributed by atoms with van der Waals surface area (Å²) in [6.07, 6.45) is 8.15. The van der Waals surface area contributed by atoms with Crippen LogP contribution >= 0.6 is 0 Å². The van der Waals surface area contributed by atoms with Gasteiger partial charge in [0.25, 0.3) is 10.0 Å². The van der Waals surface area contributed by atoms with Crippen molar-refractivity contribution < 1.29 is 13.2 Å². The summed E-state index contributed by atoms with van der Waals surface area (Å²) in [5, 5.41) is 0.778. The van der Waals surface area contributed by atoms with Gasteiger partial charge in [-0.2, -0.15) is 0 Å². The van der Waals surface area contributed by atoms with Gasteiger partial charge >= 0.3 is 0 Å². The minimum Gasteiger partial charge on any atom is -0.496 e. The molecule has 0 spiro atoms. The zero-order valence-corrected chi connectivity index (χ0v) is 19.0. The van der Waals surface area contributed by atoms with Crippen LogP contribution in [0.4, 0.5) is 11.5 Å². The van der Waals surface area contributed by atoms with Crippen LogP contribution in [0.2, 0.25) is 0 Å². The molecular formula is C24H25N5O3S. The maximum absolute atomic E-state index is 12.7. The van der Waals surface area contributed by atoms with Gasteiger partial charge in [-0.15, -0.1) is 0 Å². The van der Waals surface area contributed by atoms with E-state index in [2.05, 4.69) is 25.5 Å². The third kappa shape index (κ3) is 3.89. The predicted molar refractivity (Wildman–Crippen MR) is 129 cm³/mol. The number of rotatable bonds is 6. The van der Waals surface area contributed by atoms with Gasteiger partial charge in [0.05, 0.1) is 23.1 Å². The number of anilines is 2. The fraction of sp³-hybridized carbons (Fsp3) is 0.250. The molecule has 9 heteroatoms. The van der Waals surface area contributed by atoms with Crippen LogP contribution in [0.5, 0.6) is 5.75 Å². The Bertz CT molecular complexity index is 1410. The minimum atomic E-state index is -3.71. The van der Waals surface area contributed by atoms with Crippen LogP contribution in [0.1, 0.15) is 31.7 Å². The Morgan fingerprint density at radius 1 is 1.06 bits per heavy atom. The number of nitrogens with two attached hydrogens (primary N) is 1. The summed E-state index contributed by atoms with van der Waals surface area (Å²) in [7, 11) is -2.15. The lowest BCUT2D eigenvalue weighted by atomic mass is 10.0. The van der Waals surface area contributed by atoms with E-state index in [1.54, 1.807) is 49.6 Å². The monoisotopic (exact) mass is 463 g/mol. The molecule has 4 aromatic rings. The molecule has 170 valence electrons. The minimum absolute atomic E-state index is 0.192. The van der Waals surface area contributed by atoms with Gasteiger partial charge < -0.3 is 15.0 Å². The highest BCUT2D eigenvalue weighted by Crippen LogP contribution is 2.42. The van der Waals surface area contributed by atoms with Crippen LogP contribution in [-0.2, 0) is 10.0 Å². The highest BCUT2D eigenvalue weighted by Gasteiger charge is 2.24. The van der Waals surface area contributed by atoms with Crippen LogP contribution in [0.15, 0.2) is 66.0 Å². The zero-order valence-electron chi connectivity index (χ0n) is 18.2. The molecule has 0 aliphatic heterocycles. The molecule has 0 amide bonds. The summed E-state index contributed by atoms with van der Waals surface area (Å²) < 4.78 is 36.0. The molecule has 5 rings (SSSR count). The molecule has 2 aromatic carbocycles. The van der Waals surface area contributed by atoms with Crippen molar-refractivity contribution >= 4 is 32.6 Å². The zero-order chi connectivity index (χ0) is 23.0. The topological polar surface area (TPSA) is 112 Å². The second kappa shape index (κ2) is 8.40. The van der Waals surface area contributed by atoms with Crippen LogP contribution < -0.4 is 15.2 Å². The first-order valence-corrected chi connectivity index (χ1v) is 12.3. The first kappa shape index (κ1) is 21.3. The number of ether oxygens (including phenoxy) is 1. The molecule has 0 atom stereocenters. The van der Waals surface area contributed by atoms with E-state index in [0.717, 1.165) is 35.0 Å². The Labute approximate surface area is 192 Å². The van der Waals surface area contributed by atoms with Crippen molar-refractivity contribution in [3.8, 4) is 16.9 Å². The number of fused-ring (bicyclic) bond motifs is 1. The van der Waals surface area contributed by atoms with Gasteiger partial charge in [0.1, 0.15) is 23.5 Å². The Morgan fingerprint density at radius 3 is 2.55 bits per heavy atom. The maximum Gasteiger partial charge on any atom is 0.261 e. The molecular weight excluding hydrogens is 438 g/mol. The molecule has 0 saturated heterocycles. The number of nitrogen functional groups attached to an aromatic ring is 1. The molecule has 1 saturated carbocycles. The fourth-order valence-corrected chi connectivity index (χ4v) is 5.63. The lowest BCUT2D eigenvalue weighted by molar-refractivity contribution is 0.416. The van der Waals surface area contributed by atoms with E-state index in [9.17, 15) is 8.42 Å². The van der Waals surface area contributed by atoms with Gasteiger partial charge in [-0.05, 0) is 37.1 Å². The Hall–Kier alpha value is -3.59. The molecule has 8 nitrogen and oxygen atoms in total. The van der Waals surface area contributed by atoms with E-state index in [4.69, 9.17) is 10.5 Å². The summed E-state index contributed by atoms with van der Waals surface area (Å²) in [4.78, 5) is 8.93. The van der Waals surface area contributed by atoms with E-state index in [1.807, 2.05) is 6.07 Å². The van der Waals surface area contributed by atoms with Crippen molar-refractivity contribution in [1.82, 2.24) is 14.5 Å². The standard InChI is InChI=1S/C24H25N5O3S/c1-32-21-13-16(28-33(30,31)18-9-3-2-4-10-18)11-12-19(21)20-14-29(17-7-5-6-8-17)24-22(20)23(25)26-15-27-24/h2-4,9-15,17,28H,5-8H2,1H3,(H2,25,26,27). The van der Waals surface area contributed by atoms with E-state index in [1.165, 1.54) is 19.2 Å². The molecule has 2 heterocycles. The lowest BCUT2D eigenvalue weighted by Gasteiger charge is -2.13. The van der Waals surface area contributed by atoms with Crippen molar-refractivity contribution in [2.45, 2.75) is 36.6 Å². The lowest BCUT2D eigenvalue weighted by Crippen LogP contribution is -2.12. The SMILES string of the molecule is COc1cc(NS(=O)(=O)c2ccccc2)ccc1-c1cn(C2CCCC2)c2ncnc(N)c12. The first-order valence-electron chi connectivity index (χ1n) is 10.9. The number of methoxy groups -OCH3 is 1. The van der Waals surface area contributed by atoms with Crippen LogP contribution in [0.25, 0.3) is 22.2 Å². The van der Waals surface area contributed by atoms with Crippen molar-refractivity contribution in [1.29, 1.82) is 0 Å². The van der Waals surface area contributed by atoms with E-state index < -0.39 is 10.0 Å². The number of nitrogens with zero attached hydrogens (tertiary/aromatic N) is 3. The van der Waals surface area contributed by atoms with Crippen molar-refractivity contribution in [2.75, 3.05) is 17.6 Å². The Balaban J connectivity index is 1.58. The van der Waals surface area contributed by atoms with Crippen LogP contribution in [-0.4, -0.2) is 30.1 Å². The smallest absolute Gasteiger partial charge is 0.261 e. The van der Waals surface area contributed by atoms with Crippen molar-refractivity contribution in [2.24, 2.45) is 0 Å². The first-order chi connectivity index (χ1) is 16.0. The Morgan fingerprint density at radius 2 is 1.82 bits per heavy atom. The quantitative estimate of drug-likeness (QED) is 0.432. The molecule has 2 aromatic heterocycles. The Kier molecular flexibility index (Phi) is 5.41. The van der Waals surface area contributed by atoms with Crippen molar-refractivity contribution in [3.63, 3.8) is 0 Å². The van der Waals surface area contributed by atoms with Crippen molar-refractivity contribution in [3.05, 3.63) is 61.1 Å².